The van der Waals surface area contributed by atoms with Crippen LogP contribution in [0.4, 0.5) is 5.69 Å². The summed E-state index contributed by atoms with van der Waals surface area (Å²) in [4.78, 5) is 18.9. The second kappa shape index (κ2) is 7.73. The van der Waals surface area contributed by atoms with E-state index in [4.69, 9.17) is 0 Å². The topological polar surface area (TPSA) is 45.2 Å². The molecule has 0 fully saturated rings. The van der Waals surface area contributed by atoms with Crippen LogP contribution in [-0.2, 0) is 6.54 Å². The van der Waals surface area contributed by atoms with Gasteiger partial charge < -0.3 is 5.32 Å². The lowest BCUT2D eigenvalue weighted by atomic mass is 10.1. The SMILES string of the molecule is C=CCN(C)Cc1ccc(C(=O)Nc2ccc3ncccc3c2)cc1. The smallest absolute Gasteiger partial charge is 0.255 e. The summed E-state index contributed by atoms with van der Waals surface area (Å²) in [6, 6.07) is 17.2. The van der Waals surface area contributed by atoms with Crippen LogP contribution in [0.25, 0.3) is 10.9 Å². The maximum atomic E-state index is 12.4. The molecule has 0 aliphatic carbocycles. The van der Waals surface area contributed by atoms with Crippen molar-refractivity contribution >= 4 is 22.5 Å². The van der Waals surface area contributed by atoms with E-state index in [2.05, 4.69) is 21.8 Å². The molecule has 4 nitrogen and oxygen atoms in total. The summed E-state index contributed by atoms with van der Waals surface area (Å²) < 4.78 is 0. The molecule has 0 atom stereocenters. The van der Waals surface area contributed by atoms with Gasteiger partial charge in [0.1, 0.15) is 0 Å². The van der Waals surface area contributed by atoms with Crippen LogP contribution in [-0.4, -0.2) is 29.4 Å². The maximum Gasteiger partial charge on any atom is 0.255 e. The fourth-order valence-corrected chi connectivity index (χ4v) is 2.71. The molecule has 1 N–H and O–H groups in total. The van der Waals surface area contributed by atoms with Gasteiger partial charge in [-0.25, -0.2) is 0 Å². The molecule has 3 rings (SSSR count). The molecule has 25 heavy (non-hydrogen) atoms. The Morgan fingerprint density at radius 3 is 2.76 bits per heavy atom. The van der Waals surface area contributed by atoms with Crippen molar-refractivity contribution in [3.63, 3.8) is 0 Å². The highest BCUT2D eigenvalue weighted by Gasteiger charge is 2.07. The molecule has 126 valence electrons. The number of likely N-dealkylation sites (N-methyl/N-ethyl adjacent to an activating group) is 1. The van der Waals surface area contributed by atoms with Crippen molar-refractivity contribution in [2.75, 3.05) is 18.9 Å². The number of carbonyl (C=O) groups is 1. The van der Waals surface area contributed by atoms with Crippen molar-refractivity contribution in [2.24, 2.45) is 0 Å². The first-order valence-corrected chi connectivity index (χ1v) is 8.20. The zero-order valence-electron chi connectivity index (χ0n) is 14.3. The van der Waals surface area contributed by atoms with Gasteiger partial charge in [-0.1, -0.05) is 24.3 Å². The van der Waals surface area contributed by atoms with E-state index in [1.165, 1.54) is 0 Å². The second-order valence-corrected chi connectivity index (χ2v) is 6.05. The summed E-state index contributed by atoms with van der Waals surface area (Å²) in [5.74, 6) is -0.116. The van der Waals surface area contributed by atoms with Crippen LogP contribution in [0.15, 0.2) is 73.4 Å². The van der Waals surface area contributed by atoms with Gasteiger partial charge in [0.2, 0.25) is 0 Å². The van der Waals surface area contributed by atoms with Crippen molar-refractivity contribution in [3.8, 4) is 0 Å². The number of hydrogen-bond donors (Lipinski definition) is 1. The molecule has 1 amide bonds. The Morgan fingerprint density at radius 1 is 1.20 bits per heavy atom. The van der Waals surface area contributed by atoms with Crippen LogP contribution in [0, 0.1) is 0 Å². The number of nitrogens with zero attached hydrogens (tertiary/aromatic N) is 2. The summed E-state index contributed by atoms with van der Waals surface area (Å²) in [5.41, 5.74) is 3.48. The first kappa shape index (κ1) is 16.9. The van der Waals surface area contributed by atoms with Crippen molar-refractivity contribution in [3.05, 3.63) is 84.6 Å². The van der Waals surface area contributed by atoms with E-state index in [1.807, 2.05) is 67.7 Å². The molecule has 2 aromatic carbocycles. The summed E-state index contributed by atoms with van der Waals surface area (Å²) in [5, 5.41) is 3.94. The van der Waals surface area contributed by atoms with Gasteiger partial charge in [0, 0.05) is 35.9 Å². The van der Waals surface area contributed by atoms with E-state index >= 15 is 0 Å². The van der Waals surface area contributed by atoms with Gasteiger partial charge in [-0.15, -0.1) is 6.58 Å². The van der Waals surface area contributed by atoms with Crippen LogP contribution in [0.1, 0.15) is 15.9 Å². The third-order valence-electron chi connectivity index (χ3n) is 3.97. The minimum atomic E-state index is -0.116. The highest BCUT2D eigenvalue weighted by atomic mass is 16.1. The van der Waals surface area contributed by atoms with Gasteiger partial charge in [0.25, 0.3) is 5.91 Å². The number of benzene rings is 2. The predicted octanol–water partition coefficient (Wildman–Crippen LogP) is 4.10. The number of carbonyl (C=O) groups excluding carboxylic acids is 1. The number of fused-ring (bicyclic) bond motifs is 1. The van der Waals surface area contributed by atoms with Crippen LogP contribution >= 0.6 is 0 Å². The van der Waals surface area contributed by atoms with Gasteiger partial charge in [-0.3, -0.25) is 14.7 Å². The predicted molar refractivity (Wildman–Crippen MR) is 103 cm³/mol. The first-order chi connectivity index (χ1) is 12.2. The standard InChI is InChI=1S/C21H21N3O/c1-3-13-24(2)15-16-6-8-17(9-7-16)21(25)23-19-10-11-20-18(14-19)5-4-12-22-20/h3-12,14H,1,13,15H2,2H3,(H,23,25). The van der Waals surface area contributed by atoms with Crippen molar-refractivity contribution < 1.29 is 4.79 Å². The molecule has 3 aromatic rings. The average Bonchev–Trinajstić information content (AvgIpc) is 2.62. The Balaban J connectivity index is 1.68. The Hall–Kier alpha value is -2.98. The summed E-state index contributed by atoms with van der Waals surface area (Å²) >= 11 is 0. The zero-order chi connectivity index (χ0) is 17.6. The van der Waals surface area contributed by atoms with E-state index in [9.17, 15) is 4.79 Å². The lowest BCUT2D eigenvalue weighted by Crippen LogP contribution is -2.17. The Morgan fingerprint density at radius 2 is 2.00 bits per heavy atom. The second-order valence-electron chi connectivity index (χ2n) is 6.05. The minimum absolute atomic E-state index is 0.116. The monoisotopic (exact) mass is 331 g/mol. The molecule has 1 heterocycles. The highest BCUT2D eigenvalue weighted by molar-refractivity contribution is 6.05. The molecular weight excluding hydrogens is 310 g/mol. The maximum absolute atomic E-state index is 12.4. The van der Waals surface area contributed by atoms with E-state index in [0.29, 0.717) is 5.56 Å². The number of nitrogens with one attached hydrogen (secondary N) is 1. The molecule has 0 unspecified atom stereocenters. The normalized spacial score (nSPS) is 10.8. The molecule has 0 saturated carbocycles. The summed E-state index contributed by atoms with van der Waals surface area (Å²) in [7, 11) is 2.04. The molecule has 0 aliphatic rings. The lowest BCUT2D eigenvalue weighted by molar-refractivity contribution is 0.102. The molecule has 0 radical (unpaired) electrons. The van der Waals surface area contributed by atoms with Gasteiger partial charge in [0.15, 0.2) is 0 Å². The van der Waals surface area contributed by atoms with Gasteiger partial charge in [0.05, 0.1) is 5.52 Å². The Kier molecular flexibility index (Phi) is 5.21. The Bertz CT molecular complexity index is 887. The largest absolute Gasteiger partial charge is 0.322 e. The first-order valence-electron chi connectivity index (χ1n) is 8.20. The minimum Gasteiger partial charge on any atom is -0.322 e. The number of aromatic nitrogens is 1. The third kappa shape index (κ3) is 4.31. The number of pyridine rings is 1. The fourth-order valence-electron chi connectivity index (χ4n) is 2.71. The van der Waals surface area contributed by atoms with Crippen molar-refractivity contribution in [2.45, 2.75) is 6.54 Å². The molecule has 0 aliphatic heterocycles. The quantitative estimate of drug-likeness (QED) is 0.692. The molecule has 0 bridgehead atoms. The van der Waals surface area contributed by atoms with E-state index < -0.39 is 0 Å². The van der Waals surface area contributed by atoms with Crippen molar-refractivity contribution in [1.82, 2.24) is 9.88 Å². The average molecular weight is 331 g/mol. The number of rotatable bonds is 6. The molecule has 0 saturated heterocycles. The lowest BCUT2D eigenvalue weighted by Gasteiger charge is -2.14. The number of hydrogen-bond acceptors (Lipinski definition) is 3. The molecule has 0 spiro atoms. The fraction of sp³-hybridized carbons (Fsp3) is 0.143. The third-order valence-corrected chi connectivity index (χ3v) is 3.97. The number of anilines is 1. The van der Waals surface area contributed by atoms with E-state index in [0.717, 1.165) is 35.2 Å². The van der Waals surface area contributed by atoms with E-state index in [1.54, 1.807) is 6.20 Å². The van der Waals surface area contributed by atoms with Gasteiger partial charge >= 0.3 is 0 Å². The van der Waals surface area contributed by atoms with E-state index in [-0.39, 0.29) is 5.91 Å². The highest BCUT2D eigenvalue weighted by Crippen LogP contribution is 2.18. The Labute approximate surface area is 147 Å². The molecular formula is C21H21N3O. The van der Waals surface area contributed by atoms with Crippen LogP contribution < -0.4 is 5.32 Å². The van der Waals surface area contributed by atoms with Crippen LogP contribution in [0.3, 0.4) is 0 Å². The molecule has 1 aromatic heterocycles. The summed E-state index contributed by atoms with van der Waals surface area (Å²) in [6.07, 6.45) is 3.63. The number of amides is 1. The van der Waals surface area contributed by atoms with Gasteiger partial charge in [-0.05, 0) is 49.0 Å². The van der Waals surface area contributed by atoms with Crippen LogP contribution in [0.5, 0.6) is 0 Å². The van der Waals surface area contributed by atoms with Crippen LogP contribution in [0.2, 0.25) is 0 Å². The molecule has 4 heteroatoms. The zero-order valence-corrected chi connectivity index (χ0v) is 14.3. The van der Waals surface area contributed by atoms with Gasteiger partial charge in [-0.2, -0.15) is 0 Å². The van der Waals surface area contributed by atoms with Crippen molar-refractivity contribution in [1.29, 1.82) is 0 Å². The summed E-state index contributed by atoms with van der Waals surface area (Å²) in [6.45, 7) is 5.40.